The molecule has 2 rings (SSSR count). The van der Waals surface area contributed by atoms with Crippen molar-refractivity contribution in [1.29, 1.82) is 0 Å². The number of rotatable bonds is 3. The summed E-state index contributed by atoms with van der Waals surface area (Å²) < 4.78 is 0.865. The third-order valence-corrected chi connectivity index (χ3v) is 3.48. The lowest BCUT2D eigenvalue weighted by molar-refractivity contribution is 0.102. The van der Waals surface area contributed by atoms with Crippen molar-refractivity contribution in [2.45, 2.75) is 0 Å². The first-order valence-corrected chi connectivity index (χ1v) is 6.75. The van der Waals surface area contributed by atoms with Gasteiger partial charge >= 0.3 is 0 Å². The van der Waals surface area contributed by atoms with Crippen LogP contribution in [0.3, 0.4) is 0 Å². The summed E-state index contributed by atoms with van der Waals surface area (Å²) in [5.74, 6) is 5.44. The van der Waals surface area contributed by atoms with E-state index in [4.69, 9.17) is 17.4 Å². The Morgan fingerprint density at radius 1 is 1.32 bits per heavy atom. The number of hydrazine groups is 1. The molecule has 0 saturated heterocycles. The Kier molecular flexibility index (Phi) is 4.56. The Morgan fingerprint density at radius 2 is 2.11 bits per heavy atom. The fourth-order valence-electron chi connectivity index (χ4n) is 1.44. The molecule has 0 radical (unpaired) electrons. The van der Waals surface area contributed by atoms with Crippen molar-refractivity contribution in [3.05, 3.63) is 50.7 Å². The molecule has 0 atom stereocenters. The van der Waals surface area contributed by atoms with E-state index in [1.165, 1.54) is 6.20 Å². The summed E-state index contributed by atoms with van der Waals surface area (Å²) in [6.07, 6.45) is 1.51. The van der Waals surface area contributed by atoms with Gasteiger partial charge in [-0.1, -0.05) is 11.6 Å². The van der Waals surface area contributed by atoms with Gasteiger partial charge in [0.15, 0.2) is 0 Å². The van der Waals surface area contributed by atoms with Crippen LogP contribution in [0, 0.1) is 3.57 Å². The number of amides is 1. The highest BCUT2D eigenvalue weighted by molar-refractivity contribution is 14.1. The zero-order valence-electron chi connectivity index (χ0n) is 9.65. The van der Waals surface area contributed by atoms with Gasteiger partial charge < -0.3 is 10.7 Å². The number of benzene rings is 1. The molecule has 1 aromatic carbocycles. The normalized spacial score (nSPS) is 10.1. The average molecular weight is 389 g/mol. The molecule has 4 N–H and O–H groups in total. The summed E-state index contributed by atoms with van der Waals surface area (Å²) in [6, 6.07) is 8.43. The van der Waals surface area contributed by atoms with Gasteiger partial charge in [-0.15, -0.1) is 0 Å². The van der Waals surface area contributed by atoms with Gasteiger partial charge in [0.1, 0.15) is 5.82 Å². The average Bonchev–Trinajstić information content (AvgIpc) is 2.42. The van der Waals surface area contributed by atoms with Crippen molar-refractivity contribution in [1.82, 2.24) is 4.98 Å². The number of nitrogen functional groups attached to an aromatic ring is 1. The summed E-state index contributed by atoms with van der Waals surface area (Å²) in [4.78, 5) is 16.0. The van der Waals surface area contributed by atoms with Gasteiger partial charge in [-0.25, -0.2) is 10.8 Å². The van der Waals surface area contributed by atoms with Gasteiger partial charge in [-0.3, -0.25) is 4.79 Å². The van der Waals surface area contributed by atoms with Crippen molar-refractivity contribution in [3.63, 3.8) is 0 Å². The molecule has 0 spiro atoms. The summed E-state index contributed by atoms with van der Waals surface area (Å²) in [7, 11) is 0. The number of anilines is 2. The maximum absolute atomic E-state index is 12.1. The van der Waals surface area contributed by atoms with Crippen LogP contribution in [0.4, 0.5) is 11.5 Å². The van der Waals surface area contributed by atoms with Crippen LogP contribution in [0.5, 0.6) is 0 Å². The van der Waals surface area contributed by atoms with E-state index in [-0.39, 0.29) is 5.91 Å². The molecule has 5 nitrogen and oxygen atoms in total. The number of aromatic nitrogens is 1. The van der Waals surface area contributed by atoms with Crippen LogP contribution in [0.1, 0.15) is 10.4 Å². The Labute approximate surface area is 128 Å². The third kappa shape index (κ3) is 3.55. The first-order valence-electron chi connectivity index (χ1n) is 5.29. The lowest BCUT2D eigenvalue weighted by Crippen LogP contribution is -2.14. The number of pyridine rings is 1. The molecule has 0 aliphatic carbocycles. The van der Waals surface area contributed by atoms with Crippen LogP contribution in [-0.4, -0.2) is 10.9 Å². The number of halogens is 2. The lowest BCUT2D eigenvalue weighted by Gasteiger charge is -2.08. The highest BCUT2D eigenvalue weighted by Gasteiger charge is 2.09. The molecular formula is C12H10ClIN4O. The van der Waals surface area contributed by atoms with Crippen molar-refractivity contribution in [2.24, 2.45) is 5.84 Å². The number of carbonyl (C=O) groups excluding carboxylic acids is 1. The number of hydrogen-bond acceptors (Lipinski definition) is 4. The predicted molar refractivity (Wildman–Crippen MR) is 84.2 cm³/mol. The van der Waals surface area contributed by atoms with Crippen molar-refractivity contribution < 1.29 is 4.79 Å². The minimum absolute atomic E-state index is 0.237. The third-order valence-electron chi connectivity index (χ3n) is 2.35. The van der Waals surface area contributed by atoms with Gasteiger partial charge in [0.25, 0.3) is 5.91 Å². The predicted octanol–water partition coefficient (Wildman–Crippen LogP) is 2.88. The van der Waals surface area contributed by atoms with Gasteiger partial charge in [0.2, 0.25) is 0 Å². The van der Waals surface area contributed by atoms with Crippen LogP contribution in [0.15, 0.2) is 36.5 Å². The van der Waals surface area contributed by atoms with Crippen molar-refractivity contribution in [2.75, 3.05) is 10.7 Å². The fourth-order valence-corrected chi connectivity index (χ4v) is 2.44. The van der Waals surface area contributed by atoms with Gasteiger partial charge in [-0.05, 0) is 52.9 Å². The number of nitrogens with two attached hydrogens (primary N) is 1. The molecule has 2 aromatic rings. The van der Waals surface area contributed by atoms with E-state index in [1.807, 2.05) is 0 Å². The van der Waals surface area contributed by atoms with E-state index in [0.29, 0.717) is 22.1 Å². The quantitative estimate of drug-likeness (QED) is 0.429. The molecule has 1 heterocycles. The van der Waals surface area contributed by atoms with Crippen LogP contribution in [-0.2, 0) is 0 Å². The van der Waals surface area contributed by atoms with E-state index in [0.717, 1.165) is 3.57 Å². The van der Waals surface area contributed by atoms with Gasteiger partial charge in [0, 0.05) is 20.4 Å². The highest BCUT2D eigenvalue weighted by atomic mass is 127. The second-order valence-corrected chi connectivity index (χ2v) is 5.25. The molecule has 0 aliphatic rings. The van der Waals surface area contributed by atoms with Crippen LogP contribution in [0.2, 0.25) is 5.02 Å². The first kappa shape index (κ1) is 14.0. The number of nitrogens with one attached hydrogen (secondary N) is 2. The van der Waals surface area contributed by atoms with E-state index in [2.05, 4.69) is 38.3 Å². The van der Waals surface area contributed by atoms with Gasteiger partial charge in [-0.2, -0.15) is 0 Å². The molecule has 1 aromatic heterocycles. The molecule has 0 fully saturated rings. The monoisotopic (exact) mass is 388 g/mol. The first-order chi connectivity index (χ1) is 9.10. The highest BCUT2D eigenvalue weighted by Crippen LogP contribution is 2.22. The summed E-state index contributed by atoms with van der Waals surface area (Å²) in [5, 5.41) is 3.43. The van der Waals surface area contributed by atoms with E-state index in [1.54, 1.807) is 30.3 Å². The second-order valence-electron chi connectivity index (χ2n) is 3.65. The Balaban J connectivity index is 2.20. The van der Waals surface area contributed by atoms with E-state index in [9.17, 15) is 4.79 Å². The SMILES string of the molecule is NNc1cc(C(=O)Nc2ccc(Cl)cc2I)ccn1. The van der Waals surface area contributed by atoms with E-state index < -0.39 is 0 Å². The van der Waals surface area contributed by atoms with Crippen LogP contribution in [0.25, 0.3) is 0 Å². The van der Waals surface area contributed by atoms with Crippen LogP contribution < -0.4 is 16.6 Å². The number of nitrogens with zero attached hydrogens (tertiary/aromatic N) is 1. The van der Waals surface area contributed by atoms with Crippen LogP contribution >= 0.6 is 34.2 Å². The smallest absolute Gasteiger partial charge is 0.255 e. The molecule has 1 amide bonds. The maximum atomic E-state index is 12.1. The summed E-state index contributed by atoms with van der Waals surface area (Å²) in [5.41, 5.74) is 3.56. The zero-order chi connectivity index (χ0) is 13.8. The Morgan fingerprint density at radius 3 is 2.79 bits per heavy atom. The molecule has 19 heavy (non-hydrogen) atoms. The van der Waals surface area contributed by atoms with Crippen molar-refractivity contribution in [3.8, 4) is 0 Å². The molecule has 98 valence electrons. The molecule has 7 heteroatoms. The van der Waals surface area contributed by atoms with E-state index >= 15 is 0 Å². The minimum atomic E-state index is -0.237. The maximum Gasteiger partial charge on any atom is 0.255 e. The number of carbonyl (C=O) groups is 1. The Bertz CT molecular complexity index is 620. The minimum Gasteiger partial charge on any atom is -0.321 e. The molecule has 0 saturated carbocycles. The second kappa shape index (κ2) is 6.18. The number of hydrogen-bond donors (Lipinski definition) is 3. The van der Waals surface area contributed by atoms with Crippen molar-refractivity contribution >= 4 is 51.6 Å². The largest absolute Gasteiger partial charge is 0.321 e. The topological polar surface area (TPSA) is 80.0 Å². The molecule has 0 aliphatic heterocycles. The summed E-state index contributed by atoms with van der Waals surface area (Å²) >= 11 is 7.97. The molecule has 0 bridgehead atoms. The Hall–Kier alpha value is -1.38. The fraction of sp³-hybridized carbons (Fsp3) is 0. The zero-order valence-corrected chi connectivity index (χ0v) is 12.6. The summed E-state index contributed by atoms with van der Waals surface area (Å²) in [6.45, 7) is 0. The molecule has 0 unspecified atom stereocenters. The van der Waals surface area contributed by atoms with Gasteiger partial charge in [0.05, 0.1) is 5.69 Å². The molecular weight excluding hydrogens is 379 g/mol. The standard InChI is InChI=1S/C12H10ClIN4O/c13-8-1-2-10(9(14)6-8)17-12(19)7-3-4-16-11(5-7)18-15/h1-6H,15H2,(H,16,18)(H,17,19). The lowest BCUT2D eigenvalue weighted by atomic mass is 10.2.